The zero-order chi connectivity index (χ0) is 10.2. The average Bonchev–Trinajstić information content (AvgIpc) is 1.94. The number of rotatable bonds is 0. The van der Waals surface area contributed by atoms with Crippen molar-refractivity contribution in [3.63, 3.8) is 0 Å². The van der Waals surface area contributed by atoms with Crippen LogP contribution in [0.4, 0.5) is 13.2 Å². The van der Waals surface area contributed by atoms with E-state index in [0.717, 1.165) is 6.07 Å². The minimum atomic E-state index is -4.50. The van der Waals surface area contributed by atoms with Crippen LogP contribution in [-0.2, 0) is 6.18 Å². The lowest BCUT2D eigenvalue weighted by atomic mass is 10.1. The third-order valence-electron chi connectivity index (χ3n) is 1.59. The van der Waals surface area contributed by atoms with Crippen LogP contribution in [0, 0.1) is 6.92 Å². The van der Waals surface area contributed by atoms with Crippen molar-refractivity contribution in [1.29, 1.82) is 0 Å². The molecule has 1 nitrogen and oxygen atoms in total. The minimum absolute atomic E-state index is 0.160. The smallest absolute Gasteiger partial charge is 0.419 e. The van der Waals surface area contributed by atoms with Gasteiger partial charge in [-0.2, -0.15) is 13.2 Å². The Bertz CT molecular complexity index is 333. The first-order valence-corrected chi connectivity index (χ1v) is 4.06. The molecule has 0 bridgehead atoms. The molecule has 0 saturated carbocycles. The fourth-order valence-corrected chi connectivity index (χ4v) is 1.44. The number of phenolic OH excluding ortho intramolecular Hbond substituents is 1. The van der Waals surface area contributed by atoms with Crippen LogP contribution in [0.3, 0.4) is 0 Å². The maximum Gasteiger partial charge on any atom is 0.419 e. The first-order chi connectivity index (χ1) is 5.82. The standard InChI is InChI=1S/C8H8F3OP/c1-4-2-5(8(9,10)11)7(12)6(13)3-4/h2-3,12H,13H2,1H3. The Hall–Kier alpha value is -0.760. The van der Waals surface area contributed by atoms with Crippen molar-refractivity contribution in [2.45, 2.75) is 13.1 Å². The number of alkyl halides is 3. The number of aromatic hydroxyl groups is 1. The number of hydrogen-bond acceptors (Lipinski definition) is 1. The van der Waals surface area contributed by atoms with Crippen LogP contribution in [0.15, 0.2) is 12.1 Å². The fraction of sp³-hybridized carbons (Fsp3) is 0.250. The van der Waals surface area contributed by atoms with E-state index in [1.807, 2.05) is 0 Å². The molecule has 1 N–H and O–H groups in total. The van der Waals surface area contributed by atoms with Crippen LogP contribution in [0.25, 0.3) is 0 Å². The minimum Gasteiger partial charge on any atom is -0.507 e. The van der Waals surface area contributed by atoms with Gasteiger partial charge in [0.15, 0.2) is 0 Å². The molecule has 0 fully saturated rings. The molecule has 0 aliphatic rings. The van der Waals surface area contributed by atoms with Crippen molar-refractivity contribution >= 4 is 14.5 Å². The van der Waals surface area contributed by atoms with E-state index in [9.17, 15) is 13.2 Å². The summed E-state index contributed by atoms with van der Waals surface area (Å²) in [6, 6.07) is 2.39. The molecule has 0 saturated heterocycles. The largest absolute Gasteiger partial charge is 0.507 e. The third-order valence-corrected chi connectivity index (χ3v) is 2.03. The topological polar surface area (TPSA) is 20.2 Å². The molecule has 0 aliphatic carbocycles. The van der Waals surface area contributed by atoms with Gasteiger partial charge in [-0.15, -0.1) is 9.24 Å². The van der Waals surface area contributed by atoms with E-state index in [2.05, 4.69) is 9.24 Å². The van der Waals surface area contributed by atoms with Crippen molar-refractivity contribution in [3.8, 4) is 5.75 Å². The van der Waals surface area contributed by atoms with E-state index >= 15 is 0 Å². The summed E-state index contributed by atoms with van der Waals surface area (Å²) in [4.78, 5) is 0. The summed E-state index contributed by atoms with van der Waals surface area (Å²) in [7, 11) is 2.06. The van der Waals surface area contributed by atoms with Crippen LogP contribution in [-0.4, -0.2) is 5.11 Å². The second-order valence-electron chi connectivity index (χ2n) is 2.75. The molecule has 0 heterocycles. The molecule has 72 valence electrons. The van der Waals surface area contributed by atoms with Gasteiger partial charge in [-0.25, -0.2) is 0 Å². The van der Waals surface area contributed by atoms with Gasteiger partial charge in [0.25, 0.3) is 0 Å². The summed E-state index contributed by atoms with van der Waals surface area (Å²) in [6.07, 6.45) is -4.50. The molecule has 0 amide bonds. The van der Waals surface area contributed by atoms with Crippen LogP contribution >= 0.6 is 9.24 Å². The highest BCUT2D eigenvalue weighted by atomic mass is 31.0. The normalized spacial score (nSPS) is 11.8. The lowest BCUT2D eigenvalue weighted by molar-refractivity contribution is -0.138. The first-order valence-electron chi connectivity index (χ1n) is 3.48. The predicted octanol–water partition coefficient (Wildman–Crippen LogP) is 2.22. The van der Waals surface area contributed by atoms with Gasteiger partial charge in [0, 0.05) is 5.30 Å². The van der Waals surface area contributed by atoms with Crippen molar-refractivity contribution in [3.05, 3.63) is 23.3 Å². The Balaban J connectivity index is 3.37. The van der Waals surface area contributed by atoms with Gasteiger partial charge in [0.2, 0.25) is 0 Å². The van der Waals surface area contributed by atoms with E-state index in [4.69, 9.17) is 5.11 Å². The van der Waals surface area contributed by atoms with Crippen LogP contribution in [0.5, 0.6) is 5.75 Å². The summed E-state index contributed by atoms with van der Waals surface area (Å²) in [5.74, 6) is -0.719. The lowest BCUT2D eigenvalue weighted by Gasteiger charge is -2.11. The molecule has 5 heteroatoms. The summed E-state index contributed by atoms with van der Waals surface area (Å²) in [5, 5.41) is 9.28. The van der Waals surface area contributed by atoms with E-state index in [-0.39, 0.29) is 5.30 Å². The molecule has 1 aromatic rings. The van der Waals surface area contributed by atoms with Crippen LogP contribution in [0.2, 0.25) is 0 Å². The molecule has 13 heavy (non-hydrogen) atoms. The Morgan fingerprint density at radius 1 is 1.31 bits per heavy atom. The lowest BCUT2D eigenvalue weighted by Crippen LogP contribution is -2.09. The number of aryl methyl sites for hydroxylation is 1. The number of phenols is 1. The zero-order valence-corrected chi connectivity index (χ0v) is 7.97. The van der Waals surface area contributed by atoms with Gasteiger partial charge >= 0.3 is 6.18 Å². The number of halogens is 3. The quantitative estimate of drug-likeness (QED) is 0.648. The van der Waals surface area contributed by atoms with Crippen molar-refractivity contribution in [1.82, 2.24) is 0 Å². The molecule has 1 unspecified atom stereocenters. The highest BCUT2D eigenvalue weighted by Gasteiger charge is 2.34. The molecule has 0 aliphatic heterocycles. The SMILES string of the molecule is Cc1cc(P)c(O)c(C(F)(F)F)c1. The highest BCUT2D eigenvalue weighted by Crippen LogP contribution is 2.35. The second-order valence-corrected chi connectivity index (χ2v) is 3.37. The third kappa shape index (κ3) is 2.13. The van der Waals surface area contributed by atoms with Crippen molar-refractivity contribution < 1.29 is 18.3 Å². The van der Waals surface area contributed by atoms with E-state index in [1.165, 1.54) is 6.07 Å². The van der Waals surface area contributed by atoms with E-state index in [1.54, 1.807) is 6.92 Å². The molecule has 0 radical (unpaired) electrons. The summed E-state index contributed by atoms with van der Waals surface area (Å²) < 4.78 is 36.7. The van der Waals surface area contributed by atoms with E-state index < -0.39 is 17.5 Å². The Morgan fingerprint density at radius 2 is 1.85 bits per heavy atom. The van der Waals surface area contributed by atoms with Gasteiger partial charge in [-0.1, -0.05) is 0 Å². The summed E-state index contributed by atoms with van der Waals surface area (Å²) in [5.41, 5.74) is -0.521. The molecular formula is C8H8F3OP. The molecule has 0 aromatic heterocycles. The van der Waals surface area contributed by atoms with Crippen LogP contribution < -0.4 is 5.30 Å². The Labute approximate surface area is 75.8 Å². The van der Waals surface area contributed by atoms with Gasteiger partial charge in [0.1, 0.15) is 5.75 Å². The molecule has 0 spiro atoms. The number of benzene rings is 1. The van der Waals surface area contributed by atoms with Crippen molar-refractivity contribution in [2.24, 2.45) is 0 Å². The highest BCUT2D eigenvalue weighted by molar-refractivity contribution is 7.27. The second kappa shape index (κ2) is 3.18. The van der Waals surface area contributed by atoms with Crippen LogP contribution in [0.1, 0.15) is 11.1 Å². The summed E-state index contributed by atoms with van der Waals surface area (Å²) in [6.45, 7) is 1.54. The maximum absolute atomic E-state index is 12.2. The van der Waals surface area contributed by atoms with Gasteiger partial charge in [-0.3, -0.25) is 0 Å². The summed E-state index contributed by atoms with van der Waals surface area (Å²) >= 11 is 0. The molecule has 1 atom stereocenters. The molecular weight excluding hydrogens is 200 g/mol. The van der Waals surface area contributed by atoms with Crippen molar-refractivity contribution in [2.75, 3.05) is 0 Å². The van der Waals surface area contributed by atoms with E-state index in [0.29, 0.717) is 5.56 Å². The average molecular weight is 208 g/mol. The van der Waals surface area contributed by atoms with Gasteiger partial charge in [0.05, 0.1) is 5.56 Å². The zero-order valence-electron chi connectivity index (χ0n) is 6.81. The fourth-order valence-electron chi connectivity index (χ4n) is 1.02. The van der Waals surface area contributed by atoms with Gasteiger partial charge in [-0.05, 0) is 24.6 Å². The monoisotopic (exact) mass is 208 g/mol. The number of hydrogen-bond donors (Lipinski definition) is 1. The Morgan fingerprint density at radius 3 is 2.31 bits per heavy atom. The Kier molecular flexibility index (Phi) is 2.53. The van der Waals surface area contributed by atoms with Gasteiger partial charge < -0.3 is 5.11 Å². The first kappa shape index (κ1) is 10.3. The molecule has 1 rings (SSSR count). The molecule has 1 aromatic carbocycles. The maximum atomic E-state index is 12.2. The predicted molar refractivity (Wildman–Crippen MR) is 47.2 cm³/mol.